The fourth-order valence-electron chi connectivity index (χ4n) is 3.04. The minimum absolute atomic E-state index is 0.0173. The molecule has 0 bridgehead atoms. The molecule has 1 amide bonds. The van der Waals surface area contributed by atoms with Crippen LogP contribution in [0.2, 0.25) is 0 Å². The van der Waals surface area contributed by atoms with E-state index in [1.807, 2.05) is 0 Å². The van der Waals surface area contributed by atoms with Gasteiger partial charge in [0, 0.05) is 19.7 Å². The first-order valence-corrected chi connectivity index (χ1v) is 9.43. The molecule has 8 nitrogen and oxygen atoms in total. The van der Waals surface area contributed by atoms with Crippen molar-refractivity contribution < 1.29 is 41.8 Å². The van der Waals surface area contributed by atoms with Crippen molar-refractivity contribution in [3.05, 3.63) is 46.3 Å². The molecule has 0 saturated heterocycles. The zero-order valence-electron chi connectivity index (χ0n) is 17.9. The molecule has 0 atom stereocenters. The van der Waals surface area contributed by atoms with Crippen molar-refractivity contribution in [2.75, 3.05) is 32.8 Å². The summed E-state index contributed by atoms with van der Waals surface area (Å²) in [4.78, 5) is 39.3. The number of Topliss-reactive ketones (excluding diaryl/α,β-unsaturated/α-hetero) is 1. The molecule has 11 heteroatoms. The molecule has 0 unspecified atom stereocenters. The van der Waals surface area contributed by atoms with Gasteiger partial charge in [0.2, 0.25) is 5.91 Å². The molecule has 0 saturated carbocycles. The Morgan fingerprint density at radius 2 is 1.81 bits per heavy atom. The number of ketones is 1. The predicted molar refractivity (Wildman–Crippen MR) is 108 cm³/mol. The van der Waals surface area contributed by atoms with Crippen LogP contribution in [-0.4, -0.2) is 50.1 Å². The van der Waals surface area contributed by atoms with E-state index < -0.39 is 30.0 Å². The number of alkyl halides is 3. The lowest BCUT2D eigenvalue weighted by molar-refractivity contribution is -0.137. The van der Waals surface area contributed by atoms with Crippen LogP contribution in [0.1, 0.15) is 44.6 Å². The van der Waals surface area contributed by atoms with Gasteiger partial charge in [0.15, 0.2) is 5.78 Å². The Labute approximate surface area is 182 Å². The molecule has 0 spiro atoms. The number of benzene rings is 1. The van der Waals surface area contributed by atoms with Gasteiger partial charge in [-0.05, 0) is 30.7 Å². The van der Waals surface area contributed by atoms with Gasteiger partial charge in [0.25, 0.3) is 0 Å². The summed E-state index contributed by atoms with van der Waals surface area (Å²) >= 11 is 0. The van der Waals surface area contributed by atoms with Crippen molar-refractivity contribution in [1.82, 2.24) is 4.98 Å². The fraction of sp³-hybridized carbons (Fsp3) is 0.381. The minimum atomic E-state index is -4.63. The maximum Gasteiger partial charge on any atom is 0.416 e. The molecule has 32 heavy (non-hydrogen) atoms. The quantitative estimate of drug-likeness (QED) is 0.340. The summed E-state index contributed by atoms with van der Waals surface area (Å²) in [6, 6.07) is 2.68. The highest BCUT2D eigenvalue weighted by molar-refractivity contribution is 6.02. The first-order chi connectivity index (χ1) is 15.0. The Morgan fingerprint density at radius 3 is 2.38 bits per heavy atom. The Bertz CT molecular complexity index is 1010. The average molecular weight is 456 g/mol. The van der Waals surface area contributed by atoms with Crippen molar-refractivity contribution in [3.63, 3.8) is 0 Å². The van der Waals surface area contributed by atoms with Gasteiger partial charge in [-0.3, -0.25) is 9.59 Å². The number of esters is 1. The van der Waals surface area contributed by atoms with E-state index in [2.05, 4.69) is 10.3 Å². The number of methoxy groups -OCH3 is 2. The van der Waals surface area contributed by atoms with Crippen LogP contribution in [0.5, 0.6) is 5.75 Å². The molecule has 1 aromatic heterocycles. The molecule has 0 fully saturated rings. The molecule has 0 radical (unpaired) electrons. The van der Waals surface area contributed by atoms with Crippen LogP contribution in [0, 0.1) is 6.92 Å². The highest BCUT2D eigenvalue weighted by Crippen LogP contribution is 2.35. The molecule has 1 heterocycles. The maximum atomic E-state index is 13.1. The highest BCUT2D eigenvalue weighted by Gasteiger charge is 2.31. The van der Waals surface area contributed by atoms with E-state index in [9.17, 15) is 27.6 Å². The number of nitrogens with one attached hydrogen (secondary N) is 2. The van der Waals surface area contributed by atoms with Crippen molar-refractivity contribution in [2.45, 2.75) is 26.4 Å². The van der Waals surface area contributed by atoms with Crippen LogP contribution in [0.25, 0.3) is 0 Å². The number of aromatic amines is 1. The molecule has 1 aromatic carbocycles. The number of amides is 1. The van der Waals surface area contributed by atoms with E-state index in [0.717, 1.165) is 25.3 Å². The topological polar surface area (TPSA) is 107 Å². The molecule has 2 aromatic rings. The van der Waals surface area contributed by atoms with Gasteiger partial charge >= 0.3 is 12.1 Å². The summed E-state index contributed by atoms with van der Waals surface area (Å²) in [7, 11) is 2.59. The summed E-state index contributed by atoms with van der Waals surface area (Å²) in [5.41, 5.74) is -0.600. The number of carbonyl (C=O) groups is 3. The molecule has 0 aliphatic heterocycles. The molecule has 174 valence electrons. The number of H-pyrrole nitrogens is 1. The maximum absolute atomic E-state index is 13.1. The lowest BCUT2D eigenvalue weighted by atomic mass is 10.1. The average Bonchev–Trinajstić information content (AvgIpc) is 3.03. The van der Waals surface area contributed by atoms with Gasteiger partial charge in [-0.2, -0.15) is 13.2 Å². The number of hydrogen-bond acceptors (Lipinski definition) is 6. The molecule has 0 aliphatic carbocycles. The summed E-state index contributed by atoms with van der Waals surface area (Å²) in [5, 5.41) is 2.38. The number of ether oxygens (including phenoxy) is 3. The van der Waals surface area contributed by atoms with Crippen molar-refractivity contribution >= 4 is 23.3 Å². The third-order valence-electron chi connectivity index (χ3n) is 4.53. The van der Waals surface area contributed by atoms with Crippen LogP contribution < -0.4 is 10.1 Å². The Balaban J connectivity index is 2.35. The zero-order chi connectivity index (χ0) is 24.1. The second kappa shape index (κ2) is 10.3. The van der Waals surface area contributed by atoms with E-state index in [0.29, 0.717) is 5.56 Å². The number of hydrogen-bond donors (Lipinski definition) is 2. The Hall–Kier alpha value is -3.34. The van der Waals surface area contributed by atoms with Crippen LogP contribution in [0.3, 0.4) is 0 Å². The molecular weight excluding hydrogens is 433 g/mol. The third kappa shape index (κ3) is 5.88. The molecule has 2 rings (SSSR count). The van der Waals surface area contributed by atoms with Gasteiger partial charge in [0.1, 0.15) is 12.4 Å². The predicted octanol–water partition coefficient (Wildman–Crippen LogP) is 3.54. The number of anilines is 1. The first kappa shape index (κ1) is 24.9. The van der Waals surface area contributed by atoms with Gasteiger partial charge in [0.05, 0.1) is 42.6 Å². The summed E-state index contributed by atoms with van der Waals surface area (Å²) < 4.78 is 54.4. The van der Waals surface area contributed by atoms with Crippen LogP contribution in [0.4, 0.5) is 18.9 Å². The lowest BCUT2D eigenvalue weighted by Gasteiger charge is -2.15. The second-order valence-corrected chi connectivity index (χ2v) is 6.80. The first-order valence-electron chi connectivity index (χ1n) is 9.43. The van der Waals surface area contributed by atoms with Crippen molar-refractivity contribution in [1.29, 1.82) is 0 Å². The van der Waals surface area contributed by atoms with Gasteiger partial charge in [-0.15, -0.1) is 0 Å². The largest absolute Gasteiger partial charge is 0.489 e. The molecule has 2 N–H and O–H groups in total. The van der Waals surface area contributed by atoms with E-state index in [4.69, 9.17) is 14.2 Å². The van der Waals surface area contributed by atoms with Gasteiger partial charge < -0.3 is 24.5 Å². The van der Waals surface area contributed by atoms with Crippen LogP contribution >= 0.6 is 0 Å². The fourth-order valence-corrected chi connectivity index (χ4v) is 3.04. The molecule has 0 aliphatic rings. The van der Waals surface area contributed by atoms with Crippen LogP contribution in [-0.2, 0) is 26.9 Å². The van der Waals surface area contributed by atoms with E-state index >= 15 is 0 Å². The van der Waals surface area contributed by atoms with Crippen molar-refractivity contribution in [3.8, 4) is 5.75 Å². The SMILES string of the molecule is COCCOc1ccc(C(F)(F)F)cc1NC(=O)Cc1[nH]c(C(C)=O)c(C)c1C(=O)OC. The molecular formula is C21H23F3N2O6. The summed E-state index contributed by atoms with van der Waals surface area (Å²) in [5.74, 6) is -1.83. The van der Waals surface area contributed by atoms with Gasteiger partial charge in [-0.25, -0.2) is 4.79 Å². The Kier molecular flexibility index (Phi) is 8.03. The second-order valence-electron chi connectivity index (χ2n) is 6.80. The van der Waals surface area contributed by atoms with Gasteiger partial charge in [-0.1, -0.05) is 0 Å². The number of carbonyl (C=O) groups excluding carboxylic acids is 3. The Morgan fingerprint density at radius 1 is 1.12 bits per heavy atom. The standard InChI is InChI=1S/C21H23F3N2O6/c1-11-18(20(29)31-4)15(26-19(11)12(2)27)10-17(28)25-14-9-13(21(22,23)24)5-6-16(14)32-8-7-30-3/h5-6,9,26H,7-8,10H2,1-4H3,(H,25,28). The minimum Gasteiger partial charge on any atom is -0.489 e. The van der Waals surface area contributed by atoms with Crippen molar-refractivity contribution in [2.24, 2.45) is 0 Å². The summed E-state index contributed by atoms with van der Waals surface area (Å²) in [6.45, 7) is 3.05. The normalized spacial score (nSPS) is 11.2. The number of aromatic nitrogens is 1. The number of rotatable bonds is 9. The lowest BCUT2D eigenvalue weighted by Crippen LogP contribution is -2.18. The zero-order valence-corrected chi connectivity index (χ0v) is 17.9. The van der Waals surface area contributed by atoms with Crippen LogP contribution in [0.15, 0.2) is 18.2 Å². The summed E-state index contributed by atoms with van der Waals surface area (Å²) in [6.07, 6.45) is -5.05. The third-order valence-corrected chi connectivity index (χ3v) is 4.53. The van der Waals surface area contributed by atoms with E-state index in [1.54, 1.807) is 0 Å². The van der Waals surface area contributed by atoms with E-state index in [1.165, 1.54) is 21.0 Å². The smallest absolute Gasteiger partial charge is 0.416 e. The highest BCUT2D eigenvalue weighted by atomic mass is 19.4. The monoisotopic (exact) mass is 456 g/mol. The van der Waals surface area contributed by atoms with E-state index in [-0.39, 0.29) is 47.4 Å². The number of halogens is 3.